The number of hydrogen-bond donors (Lipinski definition) is 0. The molecule has 0 aliphatic heterocycles. The first-order chi connectivity index (χ1) is 59.9. The number of benzene rings is 19. The lowest BCUT2D eigenvalue weighted by Crippen LogP contribution is -2.74. The smallest absolute Gasteiger partial charge is 0.179 e. The van der Waals surface area contributed by atoms with Crippen LogP contribution in [0.3, 0.4) is 0 Å². The third-order valence-corrected chi connectivity index (χ3v) is 29.4. The summed E-state index contributed by atoms with van der Waals surface area (Å²) in [5.74, 6) is 0. The fourth-order valence-corrected chi connectivity index (χ4v) is 23.7. The van der Waals surface area contributed by atoms with Crippen molar-refractivity contribution in [2.75, 3.05) is 0 Å². The van der Waals surface area contributed by atoms with Crippen molar-refractivity contribution in [1.82, 2.24) is 18.3 Å². The van der Waals surface area contributed by atoms with Gasteiger partial charge >= 0.3 is 0 Å². The first kappa shape index (κ1) is 75.8. The Morgan fingerprint density at radius 2 is 0.407 bits per heavy atom. The van der Waals surface area contributed by atoms with Crippen molar-refractivity contribution in [2.45, 2.75) is 14.9 Å². The van der Waals surface area contributed by atoms with Crippen LogP contribution in [-0.2, 0) is 0 Å². The van der Waals surface area contributed by atoms with Gasteiger partial charge in [0.1, 0.15) is 0 Å². The van der Waals surface area contributed by atoms with Crippen LogP contribution in [-0.4, -0.2) is 26.3 Å². The van der Waals surface area contributed by atoms with E-state index in [4.69, 9.17) is 0 Å². The first-order valence-corrected chi connectivity index (χ1v) is 43.4. The highest BCUT2D eigenvalue weighted by Crippen LogP contribution is 2.43. The molecule has 19 aromatic carbocycles. The fraction of sp³-hybridized carbons (Fsp3) is 0.0171. The van der Waals surface area contributed by atoms with Crippen molar-refractivity contribution < 1.29 is 0 Å². The van der Waals surface area contributed by atoms with Crippen molar-refractivity contribution in [3.63, 3.8) is 0 Å². The van der Waals surface area contributed by atoms with Gasteiger partial charge in [0.05, 0.1) is 55.8 Å². The van der Waals surface area contributed by atoms with Crippen molar-refractivity contribution >= 4 is 116 Å². The topological polar surface area (TPSA) is 43.5 Å². The maximum Gasteiger partial charge on any atom is 0.179 e. The van der Waals surface area contributed by atoms with Crippen molar-refractivity contribution in [1.29, 1.82) is 5.26 Å². The average Bonchev–Trinajstić information content (AvgIpc) is 1.55. The van der Waals surface area contributed by atoms with Gasteiger partial charge in [-0.25, -0.2) is 0 Å². The van der Waals surface area contributed by atoms with Crippen LogP contribution in [0.2, 0.25) is 0 Å². The van der Waals surface area contributed by atoms with Crippen LogP contribution in [0, 0.1) is 11.3 Å². The summed E-state index contributed by atoms with van der Waals surface area (Å²) in [5.41, 5.74) is 29.0. The standard InChI is InChI=1S/C66H46N2Si.C49H31N3.2CH4/c1-6-19-47(20-7-1)49-21-18-22-50(43-49)48-33-37-54(38-34-48)68-65-42-36-52(51-35-41-64-61(44-51)59-31-16-17-32-63(59)67(64)53-23-8-2-9-24-53)45-62(65)60-40-39-58(46-66(60)68)69(55-25-10-3-11-26-55,56-27-12-4-13-28-56)57-29-14-5-15-30-57;50-32-33-17-19-34(20-18-33)36-9-8-10-37(29-36)35-21-25-41(26-22-35)52-47-16-7-5-14-43(47)45-31-39(24-28-49(45)52)38-23-27-48-44(30-38)42-13-4-6-15-46(42)51(48)40-11-2-1-3-12-40;;/h1-46H;1-31H;2*1H4. The minimum atomic E-state index is -2.83. The summed E-state index contributed by atoms with van der Waals surface area (Å²) in [6.45, 7) is 0. The van der Waals surface area contributed by atoms with Crippen LogP contribution >= 0.6 is 0 Å². The van der Waals surface area contributed by atoms with Crippen LogP contribution in [0.5, 0.6) is 0 Å². The van der Waals surface area contributed by atoms with Gasteiger partial charge in [-0.1, -0.05) is 336 Å². The molecule has 0 aliphatic carbocycles. The summed E-state index contributed by atoms with van der Waals surface area (Å²) in [7, 11) is -2.83. The molecule has 0 fully saturated rings. The van der Waals surface area contributed by atoms with E-state index in [1.807, 2.05) is 24.3 Å². The van der Waals surface area contributed by atoms with Gasteiger partial charge in [-0.2, -0.15) is 5.26 Å². The Morgan fingerprint density at radius 1 is 0.163 bits per heavy atom. The number of rotatable bonds is 14. The third-order valence-electron chi connectivity index (χ3n) is 24.6. The zero-order valence-electron chi connectivity index (χ0n) is 66.2. The highest BCUT2D eigenvalue weighted by atomic mass is 28.3. The van der Waals surface area contributed by atoms with E-state index in [2.05, 4.69) is 467 Å². The lowest BCUT2D eigenvalue weighted by atomic mass is 9.98. The molecule has 4 aromatic heterocycles. The van der Waals surface area contributed by atoms with Gasteiger partial charge in [0.2, 0.25) is 0 Å². The molecule has 5 nitrogen and oxygen atoms in total. The molecule has 123 heavy (non-hydrogen) atoms. The Hall–Kier alpha value is -15.9. The van der Waals surface area contributed by atoms with Gasteiger partial charge < -0.3 is 18.3 Å². The SMILES string of the molecule is C.C.N#Cc1ccc(-c2cccc(-c3ccc(-n4c5ccccc5c5cc(-c6ccc7c(c6)c6ccccc6n7-c6ccccc6)ccc54)cc3)c2)cc1.c1ccc(-c2cccc(-c3ccc(-n4c5ccc(-c6ccc7c(c6)c6ccccc6n7-c6ccccc6)cc5c5ccc([Si](c6ccccc6)(c6ccccc6)c6ccccc6)cc54)cc3)c2)cc1. The molecule has 0 spiro atoms. The van der Waals surface area contributed by atoms with E-state index in [1.165, 1.54) is 158 Å². The number of aromatic nitrogens is 4. The molecule has 582 valence electrons. The summed E-state index contributed by atoms with van der Waals surface area (Å²) >= 11 is 0. The molecule has 0 amide bonds. The molecule has 0 radical (unpaired) electrons. The van der Waals surface area contributed by atoms with Gasteiger partial charge in [0, 0.05) is 65.8 Å². The number of fused-ring (bicyclic) bond motifs is 12. The van der Waals surface area contributed by atoms with Crippen LogP contribution < -0.4 is 20.7 Å². The lowest BCUT2D eigenvalue weighted by Gasteiger charge is -2.34. The molecule has 0 N–H and O–H groups in total. The van der Waals surface area contributed by atoms with Crippen LogP contribution in [0.1, 0.15) is 20.4 Å². The van der Waals surface area contributed by atoms with E-state index in [0.29, 0.717) is 5.56 Å². The first-order valence-electron chi connectivity index (χ1n) is 41.4. The van der Waals surface area contributed by atoms with E-state index in [9.17, 15) is 5.26 Å². The van der Waals surface area contributed by atoms with Gasteiger partial charge in [0.15, 0.2) is 8.07 Å². The molecule has 0 saturated carbocycles. The van der Waals surface area contributed by atoms with Gasteiger partial charge in [-0.05, 0) is 233 Å². The number of nitriles is 1. The lowest BCUT2D eigenvalue weighted by molar-refractivity contribution is 1.18. The Kier molecular flexibility index (Phi) is 19.8. The summed E-state index contributed by atoms with van der Waals surface area (Å²) in [4.78, 5) is 0. The second-order valence-corrected chi connectivity index (χ2v) is 35.2. The minimum Gasteiger partial charge on any atom is -0.309 e. The van der Waals surface area contributed by atoms with Crippen LogP contribution in [0.25, 0.3) is 177 Å². The van der Waals surface area contributed by atoms with E-state index < -0.39 is 8.07 Å². The highest BCUT2D eigenvalue weighted by Gasteiger charge is 2.42. The van der Waals surface area contributed by atoms with Gasteiger partial charge in [-0.3, -0.25) is 0 Å². The van der Waals surface area contributed by atoms with E-state index in [-0.39, 0.29) is 14.9 Å². The highest BCUT2D eigenvalue weighted by molar-refractivity contribution is 7.20. The monoisotopic (exact) mass is 1590 g/mol. The van der Waals surface area contributed by atoms with Crippen molar-refractivity contribution in [2.24, 2.45) is 0 Å². The molecule has 4 heterocycles. The molecule has 0 unspecified atom stereocenters. The zero-order chi connectivity index (χ0) is 80.3. The quantitative estimate of drug-likeness (QED) is 0.0790. The van der Waals surface area contributed by atoms with Crippen LogP contribution in [0.4, 0.5) is 0 Å². The van der Waals surface area contributed by atoms with Crippen LogP contribution in [0.15, 0.2) is 467 Å². The number of hydrogen-bond acceptors (Lipinski definition) is 1. The number of para-hydroxylation sites is 5. The average molecular weight is 1590 g/mol. The molecule has 0 saturated heterocycles. The predicted octanol–water partition coefficient (Wildman–Crippen LogP) is 28.3. The molecule has 0 aliphatic rings. The largest absolute Gasteiger partial charge is 0.309 e. The second-order valence-electron chi connectivity index (χ2n) is 31.4. The number of nitrogens with zero attached hydrogens (tertiary/aromatic N) is 5. The van der Waals surface area contributed by atoms with E-state index >= 15 is 0 Å². The summed E-state index contributed by atoms with van der Waals surface area (Å²) in [5, 5.41) is 24.6. The summed E-state index contributed by atoms with van der Waals surface area (Å²) in [6, 6.07) is 173. The molecule has 23 aromatic rings. The third kappa shape index (κ3) is 13.3. The molecule has 6 heteroatoms. The normalized spacial score (nSPS) is 11.4. The fourth-order valence-electron chi connectivity index (χ4n) is 19.0. The molecular formula is C117H85N5Si. The van der Waals surface area contributed by atoms with Gasteiger partial charge in [0.25, 0.3) is 0 Å². The second kappa shape index (κ2) is 32.1. The maximum absolute atomic E-state index is 9.20. The zero-order valence-corrected chi connectivity index (χ0v) is 67.2. The van der Waals surface area contributed by atoms with Crippen molar-refractivity contribution in [3.8, 4) is 95.6 Å². The molecule has 0 bridgehead atoms. The van der Waals surface area contributed by atoms with E-state index in [1.54, 1.807) is 0 Å². The molecule has 23 rings (SSSR count). The predicted molar refractivity (Wildman–Crippen MR) is 525 cm³/mol. The summed E-state index contributed by atoms with van der Waals surface area (Å²) < 4.78 is 9.63. The van der Waals surface area contributed by atoms with Crippen molar-refractivity contribution in [3.05, 3.63) is 473 Å². The molecule has 0 atom stereocenters. The summed E-state index contributed by atoms with van der Waals surface area (Å²) in [6.07, 6.45) is 0. The molecular weight excluding hydrogens is 1500 g/mol. The Bertz CT molecular complexity index is 7800. The minimum absolute atomic E-state index is 0. The Morgan fingerprint density at radius 3 is 0.748 bits per heavy atom. The van der Waals surface area contributed by atoms with E-state index in [0.717, 1.165) is 39.3 Å². The maximum atomic E-state index is 9.20. The van der Waals surface area contributed by atoms with Gasteiger partial charge in [-0.15, -0.1) is 0 Å². The Labute approximate surface area is 717 Å². The Balaban J connectivity index is 0.000000160.